The maximum Gasteiger partial charge on any atom is 0.264 e. The minimum atomic E-state index is -0.767. The lowest BCUT2D eigenvalue weighted by molar-refractivity contribution is -0.138. The number of fused-ring (bicyclic) bond motifs is 2. The van der Waals surface area contributed by atoms with Gasteiger partial charge in [-0.3, -0.25) is 19.1 Å². The van der Waals surface area contributed by atoms with E-state index in [1.807, 2.05) is 64.1 Å². The average Bonchev–Trinajstić information content (AvgIpc) is 3.25. The van der Waals surface area contributed by atoms with Crippen LogP contribution in [0.4, 0.5) is 0 Å². The van der Waals surface area contributed by atoms with Gasteiger partial charge >= 0.3 is 0 Å². The van der Waals surface area contributed by atoms with Gasteiger partial charge in [0.15, 0.2) is 10.9 Å². The molecule has 0 aliphatic carbocycles. The zero-order valence-corrected chi connectivity index (χ0v) is 22.8. The van der Waals surface area contributed by atoms with E-state index in [1.165, 1.54) is 11.3 Å². The standard InChI is InChI=1S/C29H26ClN3O3S/c1-16-14-22-26(37-28(32-22)33-13-11-19-15-31-12-10-21(19)27(33)35)24(18-6-8-20(30)9-7-18)23(16)25(17(2)34)36-29(3,4)5/h6-15,25H,1-5H3/t25-/m1/s1. The van der Waals surface area contributed by atoms with Crippen LogP contribution in [0.3, 0.4) is 0 Å². The number of thiazole rings is 1. The fraction of sp³-hybridized carbons (Fsp3) is 0.241. The largest absolute Gasteiger partial charge is 0.360 e. The maximum atomic E-state index is 13.3. The monoisotopic (exact) mass is 531 g/mol. The number of hydrogen-bond donors (Lipinski definition) is 0. The van der Waals surface area contributed by atoms with E-state index in [2.05, 4.69) is 4.98 Å². The first-order valence-corrected chi connectivity index (χ1v) is 13.1. The van der Waals surface area contributed by atoms with Crippen LogP contribution in [-0.4, -0.2) is 25.9 Å². The molecular formula is C29H26ClN3O3S. The number of ether oxygens (including phenoxy) is 1. The molecule has 188 valence electrons. The smallest absolute Gasteiger partial charge is 0.264 e. The molecule has 0 spiro atoms. The molecule has 0 radical (unpaired) electrons. The van der Waals surface area contributed by atoms with Crippen LogP contribution >= 0.6 is 22.9 Å². The minimum Gasteiger partial charge on any atom is -0.360 e. The third-order valence-corrected chi connectivity index (χ3v) is 7.40. The summed E-state index contributed by atoms with van der Waals surface area (Å²) in [4.78, 5) is 35.2. The summed E-state index contributed by atoms with van der Waals surface area (Å²) in [5.74, 6) is -0.0864. The van der Waals surface area contributed by atoms with E-state index >= 15 is 0 Å². The number of carbonyl (C=O) groups is 1. The van der Waals surface area contributed by atoms with Gasteiger partial charge in [-0.05, 0) is 76.1 Å². The first-order chi connectivity index (χ1) is 17.5. The molecule has 6 nitrogen and oxygen atoms in total. The van der Waals surface area contributed by atoms with Crippen molar-refractivity contribution >= 4 is 49.7 Å². The molecule has 0 aliphatic rings. The third kappa shape index (κ3) is 4.82. The molecule has 0 amide bonds. The molecule has 0 saturated heterocycles. The van der Waals surface area contributed by atoms with Crippen LogP contribution < -0.4 is 5.56 Å². The van der Waals surface area contributed by atoms with Crippen molar-refractivity contribution in [3.63, 3.8) is 0 Å². The van der Waals surface area contributed by atoms with Crippen LogP contribution in [0.1, 0.15) is 44.9 Å². The molecule has 5 rings (SSSR count). The van der Waals surface area contributed by atoms with Crippen LogP contribution in [0.5, 0.6) is 0 Å². The number of benzene rings is 2. The second-order valence-electron chi connectivity index (χ2n) is 10.0. The molecule has 5 aromatic rings. The number of halogens is 1. The molecule has 8 heteroatoms. The lowest BCUT2D eigenvalue weighted by atomic mass is 9.90. The van der Waals surface area contributed by atoms with E-state index in [0.29, 0.717) is 15.5 Å². The molecule has 0 N–H and O–H groups in total. The number of carbonyl (C=O) groups excluding carboxylic acids is 1. The number of Topliss-reactive ketones (excluding diaryl/α,β-unsaturated/α-hetero) is 1. The van der Waals surface area contributed by atoms with E-state index in [9.17, 15) is 9.59 Å². The van der Waals surface area contributed by atoms with Gasteiger partial charge in [0.05, 0.1) is 21.2 Å². The first kappa shape index (κ1) is 25.3. The fourth-order valence-corrected chi connectivity index (χ4v) is 5.71. The normalized spacial score (nSPS) is 12.8. The summed E-state index contributed by atoms with van der Waals surface area (Å²) in [7, 11) is 0. The lowest BCUT2D eigenvalue weighted by Gasteiger charge is -2.29. The highest BCUT2D eigenvalue weighted by Crippen LogP contribution is 2.43. The molecule has 2 aromatic carbocycles. The Morgan fingerprint density at radius 2 is 1.86 bits per heavy atom. The Morgan fingerprint density at radius 1 is 1.14 bits per heavy atom. The quantitative estimate of drug-likeness (QED) is 0.242. The van der Waals surface area contributed by atoms with Gasteiger partial charge in [0, 0.05) is 40.1 Å². The topological polar surface area (TPSA) is 74.1 Å². The van der Waals surface area contributed by atoms with E-state index in [4.69, 9.17) is 21.3 Å². The Bertz CT molecular complexity index is 1720. The van der Waals surface area contributed by atoms with E-state index in [1.54, 1.807) is 36.1 Å². The summed E-state index contributed by atoms with van der Waals surface area (Å²) in [6, 6.07) is 13.0. The van der Waals surface area contributed by atoms with Crippen molar-refractivity contribution in [1.29, 1.82) is 0 Å². The first-order valence-electron chi connectivity index (χ1n) is 11.9. The van der Waals surface area contributed by atoms with Crippen molar-refractivity contribution < 1.29 is 9.53 Å². The van der Waals surface area contributed by atoms with Crippen molar-refractivity contribution in [3.8, 4) is 16.3 Å². The molecule has 1 atom stereocenters. The van der Waals surface area contributed by atoms with Crippen LogP contribution in [0.2, 0.25) is 5.02 Å². The van der Waals surface area contributed by atoms with Crippen molar-refractivity contribution in [2.45, 2.75) is 46.3 Å². The van der Waals surface area contributed by atoms with Crippen molar-refractivity contribution in [3.05, 3.63) is 87.6 Å². The molecular weight excluding hydrogens is 506 g/mol. The lowest BCUT2D eigenvalue weighted by Crippen LogP contribution is -2.27. The average molecular weight is 532 g/mol. The van der Waals surface area contributed by atoms with Crippen molar-refractivity contribution in [2.24, 2.45) is 0 Å². The zero-order valence-electron chi connectivity index (χ0n) is 21.2. The van der Waals surface area contributed by atoms with Gasteiger partial charge in [0.25, 0.3) is 5.56 Å². The second kappa shape index (κ2) is 9.49. The van der Waals surface area contributed by atoms with Gasteiger partial charge in [-0.25, -0.2) is 4.98 Å². The van der Waals surface area contributed by atoms with Gasteiger partial charge in [-0.1, -0.05) is 35.1 Å². The fourth-order valence-electron chi connectivity index (χ4n) is 4.48. The summed E-state index contributed by atoms with van der Waals surface area (Å²) in [5.41, 5.74) is 3.47. The summed E-state index contributed by atoms with van der Waals surface area (Å²) in [6.07, 6.45) is 4.24. The molecule has 0 unspecified atom stereocenters. The van der Waals surface area contributed by atoms with Gasteiger partial charge in [0.2, 0.25) is 0 Å². The third-order valence-electron chi connectivity index (χ3n) is 6.06. The minimum absolute atomic E-state index is 0.0864. The Hall–Kier alpha value is -3.39. The van der Waals surface area contributed by atoms with Gasteiger partial charge in [-0.15, -0.1) is 0 Å². The number of nitrogens with zero attached hydrogens (tertiary/aromatic N) is 3. The van der Waals surface area contributed by atoms with E-state index < -0.39 is 11.7 Å². The van der Waals surface area contributed by atoms with Gasteiger partial charge in [0.1, 0.15) is 6.10 Å². The maximum absolute atomic E-state index is 13.3. The van der Waals surface area contributed by atoms with Crippen LogP contribution in [0, 0.1) is 6.92 Å². The second-order valence-corrected chi connectivity index (χ2v) is 11.4. The molecule has 37 heavy (non-hydrogen) atoms. The highest BCUT2D eigenvalue weighted by molar-refractivity contribution is 7.21. The van der Waals surface area contributed by atoms with Crippen LogP contribution in [0.25, 0.3) is 37.2 Å². The summed E-state index contributed by atoms with van der Waals surface area (Å²) >= 11 is 7.61. The molecule has 0 saturated carbocycles. The van der Waals surface area contributed by atoms with E-state index in [0.717, 1.165) is 37.9 Å². The molecule has 0 aliphatic heterocycles. The number of ketones is 1. The van der Waals surface area contributed by atoms with Crippen LogP contribution in [-0.2, 0) is 9.53 Å². The summed E-state index contributed by atoms with van der Waals surface area (Å²) in [5, 5.41) is 2.50. The zero-order chi connectivity index (χ0) is 26.5. The number of aromatic nitrogens is 3. The number of pyridine rings is 2. The van der Waals surface area contributed by atoms with E-state index in [-0.39, 0.29) is 11.3 Å². The van der Waals surface area contributed by atoms with Crippen molar-refractivity contribution in [2.75, 3.05) is 0 Å². The summed E-state index contributed by atoms with van der Waals surface area (Å²) in [6.45, 7) is 9.32. The highest BCUT2D eigenvalue weighted by atomic mass is 35.5. The van der Waals surface area contributed by atoms with Gasteiger partial charge in [-0.2, -0.15) is 0 Å². The number of rotatable bonds is 5. The van der Waals surface area contributed by atoms with Gasteiger partial charge < -0.3 is 4.74 Å². The highest BCUT2D eigenvalue weighted by Gasteiger charge is 2.30. The number of hydrogen-bond acceptors (Lipinski definition) is 6. The molecule has 0 bridgehead atoms. The Balaban J connectivity index is 1.81. The van der Waals surface area contributed by atoms with Crippen LogP contribution in [0.15, 0.2) is 65.8 Å². The predicted octanol–water partition coefficient (Wildman–Crippen LogP) is 7.07. The Kier molecular flexibility index (Phi) is 6.48. The Labute approximate surface area is 223 Å². The Morgan fingerprint density at radius 3 is 2.54 bits per heavy atom. The molecule has 3 heterocycles. The van der Waals surface area contributed by atoms with Crippen molar-refractivity contribution in [1.82, 2.24) is 14.5 Å². The molecule has 3 aromatic heterocycles. The summed E-state index contributed by atoms with van der Waals surface area (Å²) < 4.78 is 8.73. The SMILES string of the molecule is CC(=O)[C@@H](OC(C)(C)C)c1c(C)cc2nc(-n3ccc4cnccc4c3=O)sc2c1-c1ccc(Cl)cc1. The predicted molar refractivity (Wildman–Crippen MR) is 150 cm³/mol. The molecule has 0 fully saturated rings. The number of aryl methyl sites for hydroxylation is 1.